The Kier molecular flexibility index (Phi) is 5.89. The lowest BCUT2D eigenvalue weighted by molar-refractivity contribution is 0.0600. The largest absolute Gasteiger partial charge is 0.465 e. The van der Waals surface area contributed by atoms with E-state index in [1.807, 2.05) is 54.7 Å². The van der Waals surface area contributed by atoms with E-state index in [2.05, 4.69) is 15.1 Å². The van der Waals surface area contributed by atoms with Gasteiger partial charge in [-0.05, 0) is 35.9 Å². The summed E-state index contributed by atoms with van der Waals surface area (Å²) < 4.78 is 6.90. The Hall–Kier alpha value is -4.19. The minimum atomic E-state index is -0.360. The summed E-state index contributed by atoms with van der Waals surface area (Å²) in [6.07, 6.45) is 3.62. The number of benzene rings is 3. The number of para-hydroxylation sites is 1. The van der Waals surface area contributed by atoms with E-state index in [1.54, 1.807) is 36.5 Å². The molecular formula is C25H21N3O3. The van der Waals surface area contributed by atoms with Crippen LogP contribution in [-0.4, -0.2) is 29.8 Å². The molecule has 1 amide bonds. The van der Waals surface area contributed by atoms with Gasteiger partial charge in [0.15, 0.2) is 0 Å². The van der Waals surface area contributed by atoms with Gasteiger partial charge in [-0.3, -0.25) is 4.79 Å². The number of methoxy groups -OCH3 is 1. The Balaban J connectivity index is 1.58. The van der Waals surface area contributed by atoms with Gasteiger partial charge in [0.25, 0.3) is 5.91 Å². The number of carbonyl (C=O) groups excluding carboxylic acids is 2. The Morgan fingerprint density at radius 3 is 2.52 bits per heavy atom. The van der Waals surface area contributed by atoms with Gasteiger partial charge in [0, 0.05) is 34.8 Å². The highest BCUT2D eigenvalue weighted by atomic mass is 16.5. The summed E-state index contributed by atoms with van der Waals surface area (Å²) in [5, 5.41) is 5.16. The summed E-state index contributed by atoms with van der Waals surface area (Å²) in [6.45, 7) is 0.579. The summed E-state index contributed by atoms with van der Waals surface area (Å²) in [5.41, 5.74) is 6.52. The number of hydrogen-bond acceptors (Lipinski definition) is 4. The summed E-state index contributed by atoms with van der Waals surface area (Å²) in [6, 6.07) is 24.3. The van der Waals surface area contributed by atoms with Gasteiger partial charge in [-0.15, -0.1) is 0 Å². The van der Waals surface area contributed by atoms with E-state index in [0.29, 0.717) is 17.7 Å². The number of aromatic nitrogens is 1. The molecule has 1 aromatic heterocycles. The van der Waals surface area contributed by atoms with Crippen LogP contribution in [0.5, 0.6) is 0 Å². The van der Waals surface area contributed by atoms with Crippen molar-refractivity contribution >= 4 is 29.0 Å². The van der Waals surface area contributed by atoms with Crippen molar-refractivity contribution in [1.82, 2.24) is 9.99 Å². The van der Waals surface area contributed by atoms with Gasteiger partial charge >= 0.3 is 5.97 Å². The predicted molar refractivity (Wildman–Crippen MR) is 120 cm³/mol. The van der Waals surface area contributed by atoms with E-state index in [0.717, 1.165) is 22.0 Å². The lowest BCUT2D eigenvalue weighted by Crippen LogP contribution is -2.17. The number of carbonyl (C=O) groups is 2. The van der Waals surface area contributed by atoms with Gasteiger partial charge in [0.1, 0.15) is 0 Å². The molecule has 3 aromatic carbocycles. The molecule has 0 unspecified atom stereocenters. The Morgan fingerprint density at radius 1 is 0.968 bits per heavy atom. The molecule has 0 atom stereocenters. The van der Waals surface area contributed by atoms with Gasteiger partial charge < -0.3 is 9.30 Å². The van der Waals surface area contributed by atoms with Crippen LogP contribution in [0.3, 0.4) is 0 Å². The van der Waals surface area contributed by atoms with Crippen LogP contribution in [0.1, 0.15) is 31.8 Å². The number of hydrogen-bond donors (Lipinski definition) is 1. The van der Waals surface area contributed by atoms with Crippen LogP contribution in [0.4, 0.5) is 0 Å². The van der Waals surface area contributed by atoms with Crippen molar-refractivity contribution in [3.8, 4) is 0 Å². The fourth-order valence-corrected chi connectivity index (χ4v) is 3.43. The molecule has 31 heavy (non-hydrogen) atoms. The Labute approximate surface area is 179 Å². The molecule has 0 radical (unpaired) electrons. The van der Waals surface area contributed by atoms with Gasteiger partial charge in [0.2, 0.25) is 0 Å². The number of fused-ring (bicyclic) bond motifs is 1. The van der Waals surface area contributed by atoms with Crippen molar-refractivity contribution in [3.05, 3.63) is 107 Å². The molecule has 4 aromatic rings. The smallest absolute Gasteiger partial charge is 0.337 e. The van der Waals surface area contributed by atoms with Crippen molar-refractivity contribution < 1.29 is 14.3 Å². The molecule has 1 heterocycles. The number of rotatable bonds is 6. The average molecular weight is 411 g/mol. The SMILES string of the molecule is COC(=O)c1cccc(Cn2cc(C=NNC(=O)c3ccccc3)c3ccccc32)c1. The second kappa shape index (κ2) is 9.09. The van der Waals surface area contributed by atoms with Crippen LogP contribution in [0, 0.1) is 0 Å². The van der Waals surface area contributed by atoms with Crippen LogP contribution >= 0.6 is 0 Å². The molecule has 4 rings (SSSR count). The first-order valence-corrected chi connectivity index (χ1v) is 9.79. The van der Waals surface area contributed by atoms with Crippen molar-refractivity contribution in [1.29, 1.82) is 0 Å². The molecule has 154 valence electrons. The van der Waals surface area contributed by atoms with Gasteiger partial charge in [0.05, 0.1) is 18.9 Å². The van der Waals surface area contributed by atoms with Crippen molar-refractivity contribution in [2.75, 3.05) is 7.11 Å². The normalized spacial score (nSPS) is 11.0. The number of nitrogens with zero attached hydrogens (tertiary/aromatic N) is 2. The molecule has 0 bridgehead atoms. The van der Waals surface area contributed by atoms with E-state index in [1.165, 1.54) is 7.11 Å². The summed E-state index contributed by atoms with van der Waals surface area (Å²) in [7, 11) is 1.37. The van der Waals surface area contributed by atoms with E-state index >= 15 is 0 Å². The predicted octanol–water partition coefficient (Wildman–Crippen LogP) is 4.24. The molecule has 0 aliphatic heterocycles. The molecule has 0 saturated heterocycles. The van der Waals surface area contributed by atoms with Crippen LogP contribution in [0.15, 0.2) is 90.2 Å². The monoisotopic (exact) mass is 411 g/mol. The summed E-state index contributed by atoms with van der Waals surface area (Å²) in [5.74, 6) is -0.624. The first kappa shape index (κ1) is 20.1. The maximum atomic E-state index is 12.2. The lowest BCUT2D eigenvalue weighted by atomic mass is 10.1. The number of nitrogens with one attached hydrogen (secondary N) is 1. The molecule has 6 heteroatoms. The zero-order chi connectivity index (χ0) is 21.6. The standard InChI is InChI=1S/C25H21N3O3/c1-31-25(30)20-11-7-8-18(14-20)16-28-17-21(22-12-5-6-13-23(22)28)15-26-27-24(29)19-9-3-2-4-10-19/h2-15,17H,16H2,1H3,(H,27,29). The molecule has 0 aliphatic rings. The van der Waals surface area contributed by atoms with E-state index < -0.39 is 0 Å². The maximum Gasteiger partial charge on any atom is 0.337 e. The minimum Gasteiger partial charge on any atom is -0.465 e. The van der Waals surface area contributed by atoms with Crippen molar-refractivity contribution in [2.45, 2.75) is 6.54 Å². The second-order valence-corrected chi connectivity index (χ2v) is 6.99. The number of amides is 1. The number of ether oxygens (including phenoxy) is 1. The first-order chi connectivity index (χ1) is 15.2. The van der Waals surface area contributed by atoms with Crippen LogP contribution in [0.2, 0.25) is 0 Å². The number of esters is 1. The highest BCUT2D eigenvalue weighted by Gasteiger charge is 2.10. The van der Waals surface area contributed by atoms with Crippen LogP contribution in [0.25, 0.3) is 10.9 Å². The molecule has 0 spiro atoms. The van der Waals surface area contributed by atoms with Crippen LogP contribution in [-0.2, 0) is 11.3 Å². The summed E-state index contributed by atoms with van der Waals surface area (Å²) in [4.78, 5) is 24.0. The first-order valence-electron chi connectivity index (χ1n) is 9.79. The topological polar surface area (TPSA) is 72.7 Å². The Morgan fingerprint density at radius 2 is 1.71 bits per heavy atom. The Bertz CT molecular complexity index is 1260. The molecular weight excluding hydrogens is 390 g/mol. The third-order valence-corrected chi connectivity index (χ3v) is 4.93. The van der Waals surface area contributed by atoms with Crippen molar-refractivity contribution in [3.63, 3.8) is 0 Å². The molecule has 1 N–H and O–H groups in total. The highest BCUT2D eigenvalue weighted by molar-refractivity contribution is 6.00. The van der Waals surface area contributed by atoms with E-state index in [4.69, 9.17) is 4.74 Å². The van der Waals surface area contributed by atoms with E-state index in [9.17, 15) is 9.59 Å². The molecule has 6 nitrogen and oxygen atoms in total. The fraction of sp³-hybridized carbons (Fsp3) is 0.0800. The molecule has 0 fully saturated rings. The third-order valence-electron chi connectivity index (χ3n) is 4.93. The lowest BCUT2D eigenvalue weighted by Gasteiger charge is -2.07. The maximum absolute atomic E-state index is 12.2. The zero-order valence-electron chi connectivity index (χ0n) is 17.0. The molecule has 0 saturated carbocycles. The minimum absolute atomic E-state index is 0.264. The van der Waals surface area contributed by atoms with E-state index in [-0.39, 0.29) is 11.9 Å². The fourth-order valence-electron chi connectivity index (χ4n) is 3.43. The van der Waals surface area contributed by atoms with Crippen LogP contribution < -0.4 is 5.43 Å². The van der Waals surface area contributed by atoms with Crippen molar-refractivity contribution in [2.24, 2.45) is 5.10 Å². The summed E-state index contributed by atoms with van der Waals surface area (Å²) >= 11 is 0. The number of hydrazone groups is 1. The zero-order valence-corrected chi connectivity index (χ0v) is 17.0. The quantitative estimate of drug-likeness (QED) is 0.293. The van der Waals surface area contributed by atoms with Gasteiger partial charge in [-0.2, -0.15) is 5.10 Å². The van der Waals surface area contributed by atoms with Gasteiger partial charge in [-0.25, -0.2) is 10.2 Å². The average Bonchev–Trinajstić information content (AvgIpc) is 3.16. The van der Waals surface area contributed by atoms with Gasteiger partial charge in [-0.1, -0.05) is 48.5 Å². The molecule has 0 aliphatic carbocycles. The highest BCUT2D eigenvalue weighted by Crippen LogP contribution is 2.21. The third kappa shape index (κ3) is 4.53. The second-order valence-electron chi connectivity index (χ2n) is 6.99.